The number of carbonyl (C=O) groups excluding carboxylic acids is 1. The molecule has 0 aromatic heterocycles. The number of aliphatic hydroxyl groups excluding tert-OH is 1. The molecule has 3 fully saturated rings. The lowest BCUT2D eigenvalue weighted by Gasteiger charge is -2.32. The average molecular weight is 458 g/mol. The molecule has 2 saturated heterocycles. The van der Waals surface area contributed by atoms with Gasteiger partial charge in [-0.05, 0) is 69.4 Å². The molecule has 1 amide bonds. The van der Waals surface area contributed by atoms with Crippen LogP contribution in [0, 0.1) is 5.92 Å². The summed E-state index contributed by atoms with van der Waals surface area (Å²) in [4.78, 5) is 18.2. The second kappa shape index (κ2) is 10.6. The van der Waals surface area contributed by atoms with Crippen molar-refractivity contribution in [2.24, 2.45) is 5.92 Å². The number of ether oxygens (including phenoxy) is 2. The van der Waals surface area contributed by atoms with Gasteiger partial charge in [0.1, 0.15) is 19.3 Å². The zero-order valence-electron chi connectivity index (χ0n) is 19.7. The van der Waals surface area contributed by atoms with Crippen LogP contribution in [0.25, 0.3) is 0 Å². The SMILES string of the molecule is O=C(NC(CN1CCCC1)C(O)c1ccc2c(c1)OCCO2)C1CCN(C2CCCCC2)C1. The third-order valence-corrected chi connectivity index (χ3v) is 7.95. The molecular weight excluding hydrogens is 418 g/mol. The number of fused-ring (bicyclic) bond motifs is 1. The Morgan fingerprint density at radius 3 is 2.55 bits per heavy atom. The third kappa shape index (κ3) is 5.47. The predicted octanol–water partition coefficient (Wildman–Crippen LogP) is 2.73. The molecule has 3 unspecified atom stereocenters. The average Bonchev–Trinajstić information content (AvgIpc) is 3.56. The lowest BCUT2D eigenvalue weighted by Crippen LogP contribution is -2.49. The van der Waals surface area contributed by atoms with E-state index >= 15 is 0 Å². The molecular formula is C26H39N3O4. The van der Waals surface area contributed by atoms with E-state index in [4.69, 9.17) is 9.47 Å². The number of rotatable bonds is 7. The second-order valence-corrected chi connectivity index (χ2v) is 10.2. The fraction of sp³-hybridized carbons (Fsp3) is 0.731. The first kappa shape index (κ1) is 22.9. The maximum absolute atomic E-state index is 13.3. The highest BCUT2D eigenvalue weighted by Crippen LogP contribution is 2.34. The van der Waals surface area contributed by atoms with Crippen LogP contribution in [0.2, 0.25) is 0 Å². The first-order valence-corrected chi connectivity index (χ1v) is 13.0. The number of hydrogen-bond acceptors (Lipinski definition) is 6. The number of carbonyl (C=O) groups is 1. The molecule has 0 spiro atoms. The highest BCUT2D eigenvalue weighted by atomic mass is 16.6. The van der Waals surface area contributed by atoms with Gasteiger partial charge in [-0.2, -0.15) is 0 Å². The summed E-state index contributed by atoms with van der Waals surface area (Å²) in [5.74, 6) is 1.49. The smallest absolute Gasteiger partial charge is 0.224 e. The summed E-state index contributed by atoms with van der Waals surface area (Å²) in [7, 11) is 0. The fourth-order valence-corrected chi connectivity index (χ4v) is 6.02. The lowest BCUT2D eigenvalue weighted by atomic mass is 9.94. The van der Waals surface area contributed by atoms with Crippen molar-refractivity contribution in [3.05, 3.63) is 23.8 Å². The third-order valence-electron chi connectivity index (χ3n) is 7.95. The van der Waals surface area contributed by atoms with Gasteiger partial charge in [0.2, 0.25) is 5.91 Å². The van der Waals surface area contributed by atoms with Gasteiger partial charge < -0.3 is 24.8 Å². The number of nitrogens with one attached hydrogen (secondary N) is 1. The van der Waals surface area contributed by atoms with Gasteiger partial charge in [-0.3, -0.25) is 9.69 Å². The van der Waals surface area contributed by atoms with Crippen molar-refractivity contribution < 1.29 is 19.4 Å². The van der Waals surface area contributed by atoms with E-state index in [0.717, 1.165) is 38.2 Å². The quantitative estimate of drug-likeness (QED) is 0.656. The molecule has 0 bridgehead atoms. The Bertz CT molecular complexity index is 807. The van der Waals surface area contributed by atoms with Crippen LogP contribution in [0.15, 0.2) is 18.2 Å². The summed E-state index contributed by atoms with van der Waals surface area (Å²) in [5, 5.41) is 14.6. The van der Waals surface area contributed by atoms with Crippen LogP contribution in [0.4, 0.5) is 0 Å². The van der Waals surface area contributed by atoms with Gasteiger partial charge in [-0.1, -0.05) is 25.3 Å². The topological polar surface area (TPSA) is 74.3 Å². The zero-order chi connectivity index (χ0) is 22.6. The van der Waals surface area contributed by atoms with Crippen LogP contribution >= 0.6 is 0 Å². The van der Waals surface area contributed by atoms with Gasteiger partial charge in [0, 0.05) is 19.1 Å². The minimum Gasteiger partial charge on any atom is -0.486 e. The first-order chi connectivity index (χ1) is 16.2. The van der Waals surface area contributed by atoms with Gasteiger partial charge in [0.05, 0.1) is 12.0 Å². The predicted molar refractivity (Wildman–Crippen MR) is 127 cm³/mol. The molecule has 182 valence electrons. The van der Waals surface area contributed by atoms with Crippen molar-refractivity contribution >= 4 is 5.91 Å². The molecule has 2 N–H and O–H groups in total. The monoisotopic (exact) mass is 457 g/mol. The van der Waals surface area contributed by atoms with Crippen molar-refractivity contribution in [3.8, 4) is 11.5 Å². The van der Waals surface area contributed by atoms with Crippen molar-refractivity contribution in [1.29, 1.82) is 0 Å². The molecule has 4 aliphatic rings. The Hall–Kier alpha value is -1.83. The van der Waals surface area contributed by atoms with E-state index in [0.29, 0.717) is 37.3 Å². The standard InChI is InChI=1S/C26H39N3O4/c30-25(19-8-9-23-24(16-19)33-15-14-32-23)22(18-28-11-4-5-12-28)27-26(31)20-10-13-29(17-20)21-6-2-1-3-7-21/h8-9,16,20-22,25,30H,1-7,10-15,17-18H2,(H,27,31). The van der Waals surface area contributed by atoms with E-state index in [9.17, 15) is 9.90 Å². The summed E-state index contributed by atoms with van der Waals surface area (Å²) < 4.78 is 11.3. The van der Waals surface area contributed by atoms with Gasteiger partial charge in [-0.15, -0.1) is 0 Å². The van der Waals surface area contributed by atoms with Gasteiger partial charge in [0.25, 0.3) is 0 Å². The van der Waals surface area contributed by atoms with Gasteiger partial charge in [-0.25, -0.2) is 0 Å². The fourth-order valence-electron chi connectivity index (χ4n) is 6.02. The summed E-state index contributed by atoms with van der Waals surface area (Å²) >= 11 is 0. The maximum Gasteiger partial charge on any atom is 0.224 e. The van der Waals surface area contributed by atoms with Crippen LogP contribution < -0.4 is 14.8 Å². The molecule has 1 aromatic rings. The number of hydrogen-bond donors (Lipinski definition) is 2. The normalized spacial score (nSPS) is 26.3. The Labute approximate surface area is 197 Å². The molecule has 7 nitrogen and oxygen atoms in total. The molecule has 3 atom stereocenters. The van der Waals surface area contributed by atoms with Crippen molar-refractivity contribution in [2.75, 3.05) is 45.9 Å². The van der Waals surface area contributed by atoms with Crippen molar-refractivity contribution in [1.82, 2.24) is 15.1 Å². The Kier molecular flexibility index (Phi) is 7.38. The molecule has 3 heterocycles. The Morgan fingerprint density at radius 1 is 1.00 bits per heavy atom. The number of nitrogens with zero attached hydrogens (tertiary/aromatic N) is 2. The maximum atomic E-state index is 13.3. The summed E-state index contributed by atoms with van der Waals surface area (Å²) in [6.45, 7) is 5.65. The van der Waals surface area contributed by atoms with E-state index in [-0.39, 0.29) is 17.9 Å². The van der Waals surface area contributed by atoms with Gasteiger partial charge in [0.15, 0.2) is 11.5 Å². The summed E-state index contributed by atoms with van der Waals surface area (Å²) in [6.07, 6.45) is 9.02. The molecule has 1 saturated carbocycles. The van der Waals surface area contributed by atoms with Crippen LogP contribution in [-0.2, 0) is 4.79 Å². The highest BCUT2D eigenvalue weighted by Gasteiger charge is 2.35. The number of benzene rings is 1. The largest absolute Gasteiger partial charge is 0.486 e. The zero-order valence-corrected chi connectivity index (χ0v) is 19.7. The van der Waals surface area contributed by atoms with Crippen LogP contribution in [0.1, 0.15) is 63.0 Å². The molecule has 1 aliphatic carbocycles. The molecule has 1 aromatic carbocycles. The second-order valence-electron chi connectivity index (χ2n) is 10.2. The minimum atomic E-state index is -0.791. The van der Waals surface area contributed by atoms with Crippen molar-refractivity contribution in [2.45, 2.75) is 69.6 Å². The highest BCUT2D eigenvalue weighted by molar-refractivity contribution is 5.79. The van der Waals surface area contributed by atoms with Crippen molar-refractivity contribution in [3.63, 3.8) is 0 Å². The van der Waals surface area contributed by atoms with Crippen LogP contribution in [-0.4, -0.2) is 78.8 Å². The van der Waals surface area contributed by atoms with Gasteiger partial charge >= 0.3 is 0 Å². The van der Waals surface area contributed by atoms with E-state index in [1.165, 1.54) is 44.9 Å². The molecule has 33 heavy (non-hydrogen) atoms. The van der Waals surface area contributed by atoms with E-state index in [2.05, 4.69) is 15.1 Å². The number of likely N-dealkylation sites (tertiary alicyclic amines) is 2. The molecule has 0 radical (unpaired) electrons. The minimum absolute atomic E-state index is 0.0143. The summed E-state index contributed by atoms with van der Waals surface area (Å²) in [5.41, 5.74) is 0.763. The van der Waals surface area contributed by atoms with E-state index in [1.807, 2.05) is 18.2 Å². The molecule has 7 heteroatoms. The summed E-state index contributed by atoms with van der Waals surface area (Å²) in [6, 6.07) is 5.92. The van der Waals surface area contributed by atoms with E-state index in [1.54, 1.807) is 0 Å². The molecule has 3 aliphatic heterocycles. The van der Waals surface area contributed by atoms with Crippen LogP contribution in [0.5, 0.6) is 11.5 Å². The Balaban J connectivity index is 1.25. The lowest BCUT2D eigenvalue weighted by molar-refractivity contribution is -0.126. The molecule has 5 rings (SSSR count). The number of aliphatic hydroxyl groups is 1. The first-order valence-electron chi connectivity index (χ1n) is 13.0. The number of amides is 1. The Morgan fingerprint density at radius 2 is 1.76 bits per heavy atom. The van der Waals surface area contributed by atoms with Crippen LogP contribution in [0.3, 0.4) is 0 Å². The van der Waals surface area contributed by atoms with E-state index < -0.39 is 6.10 Å².